The van der Waals surface area contributed by atoms with Gasteiger partial charge in [-0.25, -0.2) is 9.37 Å². The van der Waals surface area contributed by atoms with Crippen LogP contribution in [-0.4, -0.2) is 40.1 Å². The summed E-state index contributed by atoms with van der Waals surface area (Å²) in [5, 5.41) is 0. The van der Waals surface area contributed by atoms with Gasteiger partial charge in [-0.05, 0) is 36.8 Å². The molecule has 0 saturated heterocycles. The Kier molecular flexibility index (Phi) is 5.84. The number of carbonyl (C=O) groups excluding carboxylic acids is 1. The molecule has 0 saturated carbocycles. The Morgan fingerprint density at radius 3 is 2.71 bits per heavy atom. The molecule has 0 aliphatic rings. The maximum absolute atomic E-state index is 13.6. The molecule has 1 atom stereocenters. The molecule has 3 aromatic rings. The zero-order valence-electron chi connectivity index (χ0n) is 16.1. The number of aryl methyl sites for hydroxylation is 1. The number of halogens is 1. The van der Waals surface area contributed by atoms with Crippen LogP contribution in [-0.2, 0) is 18.3 Å². The molecule has 28 heavy (non-hydrogen) atoms. The number of fused-ring (bicyclic) bond motifs is 1. The lowest BCUT2D eigenvalue weighted by molar-refractivity contribution is 0.0534. The molecule has 2 aromatic carbocycles. The summed E-state index contributed by atoms with van der Waals surface area (Å²) in [7, 11) is 3.15. The van der Waals surface area contributed by atoms with Crippen molar-refractivity contribution < 1.29 is 13.9 Å². The van der Waals surface area contributed by atoms with Crippen LogP contribution in [0.15, 0.2) is 53.3 Å². The number of methoxy groups -OCH3 is 1. The van der Waals surface area contributed by atoms with Crippen molar-refractivity contribution in [3.8, 4) is 0 Å². The van der Waals surface area contributed by atoms with Gasteiger partial charge >= 0.3 is 0 Å². The van der Waals surface area contributed by atoms with E-state index >= 15 is 0 Å². The van der Waals surface area contributed by atoms with Crippen LogP contribution >= 0.6 is 0 Å². The topological polar surface area (TPSA) is 64.4 Å². The summed E-state index contributed by atoms with van der Waals surface area (Å²) in [4.78, 5) is 31.8. The van der Waals surface area contributed by atoms with E-state index in [1.807, 2.05) is 13.0 Å². The third-order valence-electron chi connectivity index (χ3n) is 4.63. The van der Waals surface area contributed by atoms with E-state index in [0.29, 0.717) is 16.6 Å². The molecule has 7 heteroatoms. The summed E-state index contributed by atoms with van der Waals surface area (Å²) in [5.74, 6) is -0.899. The molecule has 0 bridgehead atoms. The van der Waals surface area contributed by atoms with Gasteiger partial charge in [0.05, 0.1) is 23.7 Å². The van der Waals surface area contributed by atoms with Gasteiger partial charge in [0.15, 0.2) is 5.69 Å². The highest BCUT2D eigenvalue weighted by atomic mass is 19.1. The van der Waals surface area contributed by atoms with Crippen LogP contribution in [0.2, 0.25) is 0 Å². The Labute approximate surface area is 162 Å². The van der Waals surface area contributed by atoms with Gasteiger partial charge in [0, 0.05) is 20.7 Å². The molecule has 0 fully saturated rings. The van der Waals surface area contributed by atoms with Crippen LogP contribution in [0, 0.1) is 5.82 Å². The van der Waals surface area contributed by atoms with Gasteiger partial charge < -0.3 is 14.2 Å². The minimum Gasteiger partial charge on any atom is -0.383 e. The van der Waals surface area contributed by atoms with Gasteiger partial charge in [-0.3, -0.25) is 9.59 Å². The predicted molar refractivity (Wildman–Crippen MR) is 105 cm³/mol. The second kappa shape index (κ2) is 8.31. The maximum Gasteiger partial charge on any atom is 0.282 e. The van der Waals surface area contributed by atoms with Gasteiger partial charge in [-0.15, -0.1) is 0 Å². The van der Waals surface area contributed by atoms with Gasteiger partial charge in [0.2, 0.25) is 0 Å². The fraction of sp³-hybridized carbons (Fsp3) is 0.286. The van der Waals surface area contributed by atoms with Crippen molar-refractivity contribution in [1.82, 2.24) is 14.5 Å². The van der Waals surface area contributed by atoms with Crippen LogP contribution in [0.25, 0.3) is 11.0 Å². The molecule has 0 spiro atoms. The quantitative estimate of drug-likeness (QED) is 0.657. The lowest BCUT2D eigenvalue weighted by Crippen LogP contribution is -2.43. The largest absolute Gasteiger partial charge is 0.383 e. The second-order valence-corrected chi connectivity index (χ2v) is 6.68. The van der Waals surface area contributed by atoms with Crippen LogP contribution < -0.4 is 5.56 Å². The molecule has 0 radical (unpaired) electrons. The zero-order valence-corrected chi connectivity index (χ0v) is 16.1. The summed E-state index contributed by atoms with van der Waals surface area (Å²) in [5.41, 5.74) is 1.18. The van der Waals surface area contributed by atoms with Crippen molar-refractivity contribution in [1.29, 1.82) is 0 Å². The summed E-state index contributed by atoms with van der Waals surface area (Å²) in [6.45, 7) is 2.22. The maximum atomic E-state index is 13.6. The van der Waals surface area contributed by atoms with E-state index in [1.54, 1.807) is 37.4 Å². The van der Waals surface area contributed by atoms with Crippen molar-refractivity contribution in [2.45, 2.75) is 19.5 Å². The van der Waals surface area contributed by atoms with Crippen molar-refractivity contribution in [2.24, 2.45) is 7.05 Å². The Bertz CT molecular complexity index is 1060. The first-order valence-corrected chi connectivity index (χ1v) is 8.92. The number of aromatic nitrogens is 2. The van der Waals surface area contributed by atoms with Crippen molar-refractivity contribution in [3.05, 3.63) is 76.0 Å². The fourth-order valence-electron chi connectivity index (χ4n) is 3.15. The number of amides is 1. The second-order valence-electron chi connectivity index (χ2n) is 6.68. The number of para-hydroxylation sites is 2. The normalized spacial score (nSPS) is 12.1. The molecule has 0 unspecified atom stereocenters. The lowest BCUT2D eigenvalue weighted by atomic mass is 10.1. The molecule has 1 aromatic heterocycles. The fourth-order valence-corrected chi connectivity index (χ4v) is 3.15. The number of hydrogen-bond acceptors (Lipinski definition) is 4. The lowest BCUT2D eigenvalue weighted by Gasteiger charge is -2.28. The standard InChI is InChI=1S/C21H22FN3O3/c1-14(13-28-3)25(12-15-7-6-8-16(22)11-15)21(27)19-20(26)24(2)18-10-5-4-9-17(18)23-19/h4-11,14H,12-13H2,1-3H3/t14-/m1/s1. The molecule has 6 nitrogen and oxygen atoms in total. The highest BCUT2D eigenvalue weighted by Crippen LogP contribution is 2.15. The van der Waals surface area contributed by atoms with Crippen molar-refractivity contribution in [3.63, 3.8) is 0 Å². The minimum absolute atomic E-state index is 0.138. The van der Waals surface area contributed by atoms with Crippen LogP contribution in [0.3, 0.4) is 0 Å². The first kappa shape index (κ1) is 19.7. The molecule has 3 rings (SSSR count). The molecule has 1 amide bonds. The number of hydrogen-bond donors (Lipinski definition) is 0. The highest BCUT2D eigenvalue weighted by Gasteiger charge is 2.26. The third kappa shape index (κ3) is 3.94. The third-order valence-corrected chi connectivity index (χ3v) is 4.63. The number of ether oxygens (including phenoxy) is 1. The van der Waals surface area contributed by atoms with Gasteiger partial charge in [-0.2, -0.15) is 0 Å². The average Bonchev–Trinajstić information content (AvgIpc) is 2.68. The van der Waals surface area contributed by atoms with Crippen LogP contribution in [0.5, 0.6) is 0 Å². The van der Waals surface area contributed by atoms with E-state index in [-0.39, 0.29) is 30.7 Å². The number of benzene rings is 2. The first-order chi connectivity index (χ1) is 13.4. The Hall–Kier alpha value is -3.06. The summed E-state index contributed by atoms with van der Waals surface area (Å²) in [6.07, 6.45) is 0. The Morgan fingerprint density at radius 2 is 2.00 bits per heavy atom. The zero-order chi connectivity index (χ0) is 20.3. The minimum atomic E-state index is -0.514. The van der Waals surface area contributed by atoms with Crippen molar-refractivity contribution >= 4 is 16.9 Å². The Morgan fingerprint density at radius 1 is 1.25 bits per heavy atom. The van der Waals surface area contributed by atoms with Gasteiger partial charge in [0.25, 0.3) is 11.5 Å². The van der Waals surface area contributed by atoms with E-state index < -0.39 is 11.5 Å². The van der Waals surface area contributed by atoms with E-state index in [1.165, 1.54) is 28.7 Å². The highest BCUT2D eigenvalue weighted by molar-refractivity contribution is 5.94. The summed E-state index contributed by atoms with van der Waals surface area (Å²) >= 11 is 0. The molecule has 0 aliphatic carbocycles. The average molecular weight is 383 g/mol. The molecule has 0 aliphatic heterocycles. The molecule has 0 N–H and O–H groups in total. The van der Waals surface area contributed by atoms with Crippen LogP contribution in [0.1, 0.15) is 23.0 Å². The van der Waals surface area contributed by atoms with E-state index in [4.69, 9.17) is 4.74 Å². The predicted octanol–water partition coefficient (Wildman–Crippen LogP) is 2.75. The van der Waals surface area contributed by atoms with E-state index in [0.717, 1.165) is 0 Å². The molecular weight excluding hydrogens is 361 g/mol. The smallest absolute Gasteiger partial charge is 0.282 e. The molecular formula is C21H22FN3O3. The van der Waals surface area contributed by atoms with Gasteiger partial charge in [0.1, 0.15) is 5.82 Å². The number of rotatable bonds is 6. The summed E-state index contributed by atoms with van der Waals surface area (Å²) in [6, 6.07) is 12.8. The van der Waals surface area contributed by atoms with Crippen molar-refractivity contribution in [2.75, 3.05) is 13.7 Å². The Balaban J connectivity index is 2.05. The number of carbonyl (C=O) groups is 1. The van der Waals surface area contributed by atoms with E-state index in [2.05, 4.69) is 4.98 Å². The summed E-state index contributed by atoms with van der Waals surface area (Å²) < 4.78 is 20.2. The van der Waals surface area contributed by atoms with E-state index in [9.17, 15) is 14.0 Å². The molecule has 1 heterocycles. The SMILES string of the molecule is COC[C@@H](C)N(Cc1cccc(F)c1)C(=O)c1nc2ccccc2n(C)c1=O. The van der Waals surface area contributed by atoms with Gasteiger partial charge in [-0.1, -0.05) is 24.3 Å². The first-order valence-electron chi connectivity index (χ1n) is 8.92. The monoisotopic (exact) mass is 383 g/mol. The molecule has 146 valence electrons. The van der Waals surface area contributed by atoms with Crippen LogP contribution in [0.4, 0.5) is 4.39 Å². The number of nitrogens with zero attached hydrogens (tertiary/aromatic N) is 3.